The highest BCUT2D eigenvalue weighted by atomic mass is 16.5. The zero-order chi connectivity index (χ0) is 12.8. The van der Waals surface area contributed by atoms with Gasteiger partial charge in [0.2, 0.25) is 0 Å². The smallest absolute Gasteiger partial charge is 0.338 e. The number of esters is 1. The van der Waals surface area contributed by atoms with E-state index >= 15 is 0 Å². The van der Waals surface area contributed by atoms with E-state index in [1.54, 1.807) is 25.1 Å². The Morgan fingerprint density at radius 2 is 2.12 bits per heavy atom. The summed E-state index contributed by atoms with van der Waals surface area (Å²) in [6.07, 6.45) is -0.775. The first kappa shape index (κ1) is 13.2. The second-order valence-corrected chi connectivity index (χ2v) is 3.81. The molecule has 92 valence electrons. The third kappa shape index (κ3) is 3.90. The predicted molar refractivity (Wildman–Crippen MR) is 64.7 cm³/mol. The fourth-order valence-electron chi connectivity index (χ4n) is 1.37. The maximum Gasteiger partial charge on any atom is 0.338 e. The lowest BCUT2D eigenvalue weighted by Gasteiger charge is -2.12. The van der Waals surface area contributed by atoms with Crippen molar-refractivity contribution in [3.05, 3.63) is 35.4 Å². The van der Waals surface area contributed by atoms with Gasteiger partial charge in [-0.3, -0.25) is 4.79 Å². The molecule has 1 rings (SSSR count). The van der Waals surface area contributed by atoms with Crippen molar-refractivity contribution in [3.8, 4) is 0 Å². The minimum Gasteiger partial charge on any atom is -0.449 e. The van der Waals surface area contributed by atoms with Crippen molar-refractivity contribution in [2.45, 2.75) is 26.9 Å². The van der Waals surface area contributed by atoms with Crippen molar-refractivity contribution >= 4 is 11.9 Å². The SMILES string of the molecule is CCNC(=O)[C@H](C)OC(=O)c1cccc(C)c1. The van der Waals surface area contributed by atoms with Crippen LogP contribution in [0.25, 0.3) is 0 Å². The summed E-state index contributed by atoms with van der Waals surface area (Å²) in [6.45, 7) is 5.78. The van der Waals surface area contributed by atoms with Crippen molar-refractivity contribution in [1.29, 1.82) is 0 Å². The molecule has 0 radical (unpaired) electrons. The minimum atomic E-state index is -0.775. The second-order valence-electron chi connectivity index (χ2n) is 3.81. The molecule has 0 unspecified atom stereocenters. The predicted octanol–water partition coefficient (Wildman–Crippen LogP) is 1.68. The van der Waals surface area contributed by atoms with E-state index < -0.39 is 12.1 Å². The average Bonchev–Trinajstić information content (AvgIpc) is 2.29. The van der Waals surface area contributed by atoms with Crippen molar-refractivity contribution in [1.82, 2.24) is 5.32 Å². The van der Waals surface area contributed by atoms with Crippen LogP contribution < -0.4 is 5.32 Å². The Kier molecular flexibility index (Phi) is 4.69. The van der Waals surface area contributed by atoms with Gasteiger partial charge in [-0.05, 0) is 32.9 Å². The van der Waals surface area contributed by atoms with E-state index in [1.807, 2.05) is 19.9 Å². The summed E-state index contributed by atoms with van der Waals surface area (Å²) in [5.74, 6) is -0.763. The maximum atomic E-state index is 11.7. The Bertz CT molecular complexity index is 415. The second kappa shape index (κ2) is 6.03. The molecule has 1 N–H and O–H groups in total. The third-order valence-corrected chi connectivity index (χ3v) is 2.26. The molecule has 1 aromatic carbocycles. The number of benzene rings is 1. The molecule has 0 heterocycles. The van der Waals surface area contributed by atoms with Crippen LogP contribution in [0.3, 0.4) is 0 Å². The molecular formula is C13H17NO3. The molecule has 1 aromatic rings. The lowest BCUT2D eigenvalue weighted by molar-refractivity contribution is -0.128. The Morgan fingerprint density at radius 3 is 2.71 bits per heavy atom. The van der Waals surface area contributed by atoms with Crippen LogP contribution in [-0.4, -0.2) is 24.5 Å². The Morgan fingerprint density at radius 1 is 1.41 bits per heavy atom. The van der Waals surface area contributed by atoms with Gasteiger partial charge in [-0.25, -0.2) is 4.79 Å². The minimum absolute atomic E-state index is 0.284. The van der Waals surface area contributed by atoms with Gasteiger partial charge in [0.25, 0.3) is 5.91 Å². The first-order valence-corrected chi connectivity index (χ1v) is 5.60. The van der Waals surface area contributed by atoms with E-state index in [2.05, 4.69) is 5.32 Å². The van der Waals surface area contributed by atoms with Gasteiger partial charge in [-0.15, -0.1) is 0 Å². The van der Waals surface area contributed by atoms with Crippen LogP contribution in [0.1, 0.15) is 29.8 Å². The number of carbonyl (C=O) groups excluding carboxylic acids is 2. The van der Waals surface area contributed by atoms with Crippen LogP contribution in [0.4, 0.5) is 0 Å². The van der Waals surface area contributed by atoms with Crippen molar-refractivity contribution in [2.75, 3.05) is 6.54 Å². The molecule has 0 bridgehead atoms. The molecule has 0 aliphatic carbocycles. The first-order valence-electron chi connectivity index (χ1n) is 5.60. The number of aryl methyl sites for hydroxylation is 1. The number of rotatable bonds is 4. The Labute approximate surface area is 101 Å². The molecule has 0 aromatic heterocycles. The quantitative estimate of drug-likeness (QED) is 0.808. The van der Waals surface area contributed by atoms with Crippen LogP contribution in [-0.2, 0) is 9.53 Å². The van der Waals surface area contributed by atoms with Crippen molar-refractivity contribution in [3.63, 3.8) is 0 Å². The number of likely N-dealkylation sites (N-methyl/N-ethyl adjacent to an activating group) is 1. The topological polar surface area (TPSA) is 55.4 Å². The van der Waals surface area contributed by atoms with Gasteiger partial charge in [0.15, 0.2) is 6.10 Å². The summed E-state index contributed by atoms with van der Waals surface area (Å²) >= 11 is 0. The molecule has 0 saturated heterocycles. The molecule has 0 spiro atoms. The summed E-state index contributed by atoms with van der Waals surface area (Å²) in [6, 6.07) is 7.07. The summed E-state index contributed by atoms with van der Waals surface area (Å²) in [5, 5.41) is 2.60. The highest BCUT2D eigenvalue weighted by Gasteiger charge is 2.17. The molecule has 1 atom stereocenters. The Hall–Kier alpha value is -1.84. The van der Waals surface area contributed by atoms with Gasteiger partial charge < -0.3 is 10.1 Å². The highest BCUT2D eigenvalue weighted by Crippen LogP contribution is 2.07. The molecular weight excluding hydrogens is 218 g/mol. The molecule has 0 aliphatic heterocycles. The number of hydrogen-bond acceptors (Lipinski definition) is 3. The number of ether oxygens (including phenoxy) is 1. The van der Waals surface area contributed by atoms with Gasteiger partial charge in [-0.2, -0.15) is 0 Å². The zero-order valence-corrected chi connectivity index (χ0v) is 10.3. The van der Waals surface area contributed by atoms with E-state index in [4.69, 9.17) is 4.74 Å². The van der Waals surface area contributed by atoms with Crippen LogP contribution in [0.5, 0.6) is 0 Å². The molecule has 0 saturated carbocycles. The summed E-state index contributed by atoms with van der Waals surface area (Å²) < 4.78 is 5.05. The van der Waals surface area contributed by atoms with Gasteiger partial charge >= 0.3 is 5.97 Å². The summed E-state index contributed by atoms with van der Waals surface area (Å²) in [4.78, 5) is 23.1. The first-order chi connectivity index (χ1) is 8.04. The average molecular weight is 235 g/mol. The molecule has 4 heteroatoms. The van der Waals surface area contributed by atoms with Crippen LogP contribution in [0.15, 0.2) is 24.3 Å². The van der Waals surface area contributed by atoms with E-state index in [-0.39, 0.29) is 5.91 Å². The van der Waals surface area contributed by atoms with Crippen LogP contribution >= 0.6 is 0 Å². The van der Waals surface area contributed by atoms with Gasteiger partial charge in [0.05, 0.1) is 5.56 Å². The van der Waals surface area contributed by atoms with E-state index in [0.717, 1.165) is 5.56 Å². The Balaban J connectivity index is 2.63. The van der Waals surface area contributed by atoms with Crippen molar-refractivity contribution < 1.29 is 14.3 Å². The van der Waals surface area contributed by atoms with Crippen LogP contribution in [0.2, 0.25) is 0 Å². The number of hydrogen-bond donors (Lipinski definition) is 1. The fraction of sp³-hybridized carbons (Fsp3) is 0.385. The van der Waals surface area contributed by atoms with E-state index in [1.165, 1.54) is 0 Å². The monoisotopic (exact) mass is 235 g/mol. The maximum absolute atomic E-state index is 11.7. The third-order valence-electron chi connectivity index (χ3n) is 2.26. The lowest BCUT2D eigenvalue weighted by Crippen LogP contribution is -2.35. The van der Waals surface area contributed by atoms with Crippen molar-refractivity contribution in [2.24, 2.45) is 0 Å². The molecule has 1 amide bonds. The summed E-state index contributed by atoms with van der Waals surface area (Å²) in [7, 11) is 0. The number of amides is 1. The number of carbonyl (C=O) groups is 2. The van der Waals surface area contributed by atoms with Gasteiger partial charge in [-0.1, -0.05) is 17.7 Å². The number of nitrogens with one attached hydrogen (secondary N) is 1. The van der Waals surface area contributed by atoms with E-state index in [0.29, 0.717) is 12.1 Å². The van der Waals surface area contributed by atoms with E-state index in [9.17, 15) is 9.59 Å². The standard InChI is InChI=1S/C13H17NO3/c1-4-14-12(15)10(3)17-13(16)11-7-5-6-9(2)8-11/h5-8,10H,4H2,1-3H3,(H,14,15)/t10-/m0/s1. The lowest BCUT2D eigenvalue weighted by atomic mass is 10.1. The van der Waals surface area contributed by atoms with Gasteiger partial charge in [0, 0.05) is 6.54 Å². The highest BCUT2D eigenvalue weighted by molar-refractivity contribution is 5.92. The molecule has 4 nitrogen and oxygen atoms in total. The molecule has 17 heavy (non-hydrogen) atoms. The van der Waals surface area contributed by atoms with Crippen LogP contribution in [0, 0.1) is 6.92 Å². The molecule has 0 fully saturated rings. The summed E-state index contributed by atoms with van der Waals surface area (Å²) in [5.41, 5.74) is 1.44. The largest absolute Gasteiger partial charge is 0.449 e. The van der Waals surface area contributed by atoms with Gasteiger partial charge in [0.1, 0.15) is 0 Å². The fourth-order valence-corrected chi connectivity index (χ4v) is 1.37. The normalized spacial score (nSPS) is 11.7. The zero-order valence-electron chi connectivity index (χ0n) is 10.3. The molecule has 0 aliphatic rings.